The van der Waals surface area contributed by atoms with Crippen LogP contribution in [0.15, 0.2) is 53.1 Å². The lowest BCUT2D eigenvalue weighted by Gasteiger charge is -2.18. The zero-order chi connectivity index (χ0) is 11.4. The van der Waals surface area contributed by atoms with Gasteiger partial charge in [-0.2, -0.15) is 0 Å². The lowest BCUT2D eigenvalue weighted by atomic mass is 10.2. The lowest BCUT2D eigenvalue weighted by Crippen LogP contribution is -2.16. The van der Waals surface area contributed by atoms with E-state index in [2.05, 4.69) is 45.0 Å². The molecule has 82 valence electrons. The highest BCUT2D eigenvalue weighted by molar-refractivity contribution is 9.10. The number of rotatable bonds is 3. The number of nitrogens with zero attached hydrogens (tertiary/aromatic N) is 2. The molecular formula is C13H13BrN2. The third-order valence-corrected chi connectivity index (χ3v) is 2.85. The van der Waals surface area contributed by atoms with Crippen LogP contribution in [0.4, 0.5) is 5.69 Å². The van der Waals surface area contributed by atoms with Gasteiger partial charge in [-0.05, 0) is 40.2 Å². The van der Waals surface area contributed by atoms with Crippen molar-refractivity contribution in [1.82, 2.24) is 4.98 Å². The Hall–Kier alpha value is -1.35. The molecule has 2 nitrogen and oxygen atoms in total. The number of hydrogen-bond donors (Lipinski definition) is 0. The van der Waals surface area contributed by atoms with Crippen LogP contribution < -0.4 is 4.90 Å². The molecule has 0 unspecified atom stereocenters. The van der Waals surface area contributed by atoms with E-state index in [0.29, 0.717) is 0 Å². The fraction of sp³-hybridized carbons (Fsp3) is 0.154. The van der Waals surface area contributed by atoms with Crippen molar-refractivity contribution in [2.24, 2.45) is 0 Å². The van der Waals surface area contributed by atoms with E-state index in [9.17, 15) is 0 Å². The topological polar surface area (TPSA) is 16.1 Å². The van der Waals surface area contributed by atoms with E-state index in [1.165, 1.54) is 5.69 Å². The molecule has 1 aromatic carbocycles. The first-order chi connectivity index (χ1) is 7.75. The largest absolute Gasteiger partial charge is 0.369 e. The highest BCUT2D eigenvalue weighted by atomic mass is 79.9. The Morgan fingerprint density at radius 2 is 1.88 bits per heavy atom. The molecule has 16 heavy (non-hydrogen) atoms. The van der Waals surface area contributed by atoms with Gasteiger partial charge in [0.25, 0.3) is 0 Å². The summed E-state index contributed by atoms with van der Waals surface area (Å²) in [5.41, 5.74) is 2.27. The first-order valence-electron chi connectivity index (χ1n) is 5.12. The molecule has 0 radical (unpaired) electrons. The maximum absolute atomic E-state index is 4.36. The highest BCUT2D eigenvalue weighted by Crippen LogP contribution is 2.14. The second-order valence-electron chi connectivity index (χ2n) is 3.66. The Morgan fingerprint density at radius 3 is 2.50 bits per heavy atom. The van der Waals surface area contributed by atoms with Gasteiger partial charge in [-0.1, -0.05) is 18.2 Å². The third kappa shape index (κ3) is 2.83. The van der Waals surface area contributed by atoms with Gasteiger partial charge in [0.2, 0.25) is 0 Å². The number of hydrogen-bond acceptors (Lipinski definition) is 2. The zero-order valence-electron chi connectivity index (χ0n) is 9.10. The fourth-order valence-corrected chi connectivity index (χ4v) is 1.75. The molecule has 0 saturated heterocycles. The van der Waals surface area contributed by atoms with Gasteiger partial charge in [0.1, 0.15) is 0 Å². The SMILES string of the molecule is CN(Cc1ccc(Br)cn1)c1ccccc1. The molecule has 0 fully saturated rings. The van der Waals surface area contributed by atoms with Crippen LogP contribution in [0.1, 0.15) is 5.69 Å². The van der Waals surface area contributed by atoms with E-state index >= 15 is 0 Å². The minimum absolute atomic E-state index is 0.817. The van der Waals surface area contributed by atoms with Crippen LogP contribution >= 0.6 is 15.9 Å². The van der Waals surface area contributed by atoms with Crippen LogP contribution in [-0.2, 0) is 6.54 Å². The molecule has 0 aliphatic heterocycles. The summed E-state index contributed by atoms with van der Waals surface area (Å²) in [6, 6.07) is 14.3. The van der Waals surface area contributed by atoms with Crippen LogP contribution in [0.3, 0.4) is 0 Å². The quantitative estimate of drug-likeness (QED) is 0.853. The van der Waals surface area contributed by atoms with E-state index in [0.717, 1.165) is 16.7 Å². The van der Waals surface area contributed by atoms with Crippen LogP contribution in [-0.4, -0.2) is 12.0 Å². The Labute approximate surface area is 104 Å². The highest BCUT2D eigenvalue weighted by Gasteiger charge is 2.01. The minimum atomic E-state index is 0.817. The third-order valence-electron chi connectivity index (χ3n) is 2.38. The number of pyridine rings is 1. The number of anilines is 1. The first kappa shape index (κ1) is 11.1. The summed E-state index contributed by atoms with van der Waals surface area (Å²) < 4.78 is 1.01. The minimum Gasteiger partial charge on any atom is -0.369 e. The maximum Gasteiger partial charge on any atom is 0.0598 e. The Bertz CT molecular complexity index is 439. The van der Waals surface area contributed by atoms with Crippen molar-refractivity contribution in [1.29, 1.82) is 0 Å². The van der Waals surface area contributed by atoms with Gasteiger partial charge in [-0.15, -0.1) is 0 Å². The summed E-state index contributed by atoms with van der Waals surface area (Å²) in [5.74, 6) is 0. The first-order valence-corrected chi connectivity index (χ1v) is 5.91. The van der Waals surface area contributed by atoms with Gasteiger partial charge in [0.05, 0.1) is 12.2 Å². The average Bonchev–Trinajstić information content (AvgIpc) is 2.33. The van der Waals surface area contributed by atoms with Crippen LogP contribution in [0.2, 0.25) is 0 Å². The van der Waals surface area contributed by atoms with Gasteiger partial charge in [-0.3, -0.25) is 4.98 Å². The van der Waals surface area contributed by atoms with Gasteiger partial charge in [0, 0.05) is 23.4 Å². The molecule has 0 aliphatic rings. The normalized spacial score (nSPS) is 10.1. The summed E-state index contributed by atoms with van der Waals surface area (Å²) in [7, 11) is 2.07. The van der Waals surface area contributed by atoms with Crippen molar-refractivity contribution < 1.29 is 0 Å². The molecule has 0 spiro atoms. The lowest BCUT2D eigenvalue weighted by molar-refractivity contribution is 0.884. The molecule has 0 N–H and O–H groups in total. The maximum atomic E-state index is 4.36. The average molecular weight is 277 g/mol. The number of benzene rings is 1. The molecule has 0 atom stereocenters. The molecule has 3 heteroatoms. The van der Waals surface area contributed by atoms with Crippen LogP contribution in [0.25, 0.3) is 0 Å². The molecular weight excluding hydrogens is 264 g/mol. The van der Waals surface area contributed by atoms with Crippen LogP contribution in [0, 0.1) is 0 Å². The van der Waals surface area contributed by atoms with Gasteiger partial charge in [0.15, 0.2) is 0 Å². The predicted octanol–water partition coefficient (Wildman–Crippen LogP) is 3.48. The van der Waals surface area contributed by atoms with E-state index < -0.39 is 0 Å². The summed E-state index contributed by atoms with van der Waals surface area (Å²) in [5, 5.41) is 0. The van der Waals surface area contributed by atoms with Crippen molar-refractivity contribution in [3.05, 3.63) is 58.8 Å². The Kier molecular flexibility index (Phi) is 3.57. The predicted molar refractivity (Wildman–Crippen MR) is 70.5 cm³/mol. The molecule has 0 amide bonds. The van der Waals surface area contributed by atoms with Gasteiger partial charge >= 0.3 is 0 Å². The number of aromatic nitrogens is 1. The van der Waals surface area contributed by atoms with Crippen LogP contribution in [0.5, 0.6) is 0 Å². The Morgan fingerprint density at radius 1 is 1.12 bits per heavy atom. The molecule has 2 rings (SSSR count). The van der Waals surface area contributed by atoms with Crippen molar-refractivity contribution in [2.75, 3.05) is 11.9 Å². The second-order valence-corrected chi connectivity index (χ2v) is 4.58. The van der Waals surface area contributed by atoms with Crippen molar-refractivity contribution in [2.45, 2.75) is 6.54 Å². The number of para-hydroxylation sites is 1. The monoisotopic (exact) mass is 276 g/mol. The van der Waals surface area contributed by atoms with Crippen molar-refractivity contribution >= 4 is 21.6 Å². The van der Waals surface area contributed by atoms with Crippen molar-refractivity contribution in [3.8, 4) is 0 Å². The summed E-state index contributed by atoms with van der Waals surface area (Å²) >= 11 is 3.38. The summed E-state index contributed by atoms with van der Waals surface area (Å²) in [6.07, 6.45) is 1.83. The zero-order valence-corrected chi connectivity index (χ0v) is 10.7. The molecule has 2 aromatic rings. The molecule has 1 heterocycles. The molecule has 0 aliphatic carbocycles. The van der Waals surface area contributed by atoms with E-state index in [-0.39, 0.29) is 0 Å². The molecule has 1 aromatic heterocycles. The standard InChI is InChI=1S/C13H13BrN2/c1-16(13-5-3-2-4-6-13)10-12-8-7-11(14)9-15-12/h2-9H,10H2,1H3. The van der Waals surface area contributed by atoms with Gasteiger partial charge < -0.3 is 4.90 Å². The second kappa shape index (κ2) is 5.12. The molecule has 0 saturated carbocycles. The molecule has 0 bridgehead atoms. The van der Waals surface area contributed by atoms with E-state index in [4.69, 9.17) is 0 Å². The number of halogens is 1. The summed E-state index contributed by atoms with van der Waals surface area (Å²) in [6.45, 7) is 0.817. The van der Waals surface area contributed by atoms with E-state index in [1.54, 1.807) is 0 Å². The summed E-state index contributed by atoms with van der Waals surface area (Å²) in [4.78, 5) is 6.53. The van der Waals surface area contributed by atoms with Crippen molar-refractivity contribution in [3.63, 3.8) is 0 Å². The Balaban J connectivity index is 2.08. The smallest absolute Gasteiger partial charge is 0.0598 e. The van der Waals surface area contributed by atoms with E-state index in [1.807, 2.05) is 36.5 Å². The van der Waals surface area contributed by atoms with Gasteiger partial charge in [-0.25, -0.2) is 0 Å². The fourth-order valence-electron chi connectivity index (χ4n) is 1.52.